The standard InChI is InChI=1S/C13H15N3O3/c1-3-19-12(17)10(11-14-13(18)16-15-11)9-6-4-8(2)5-7-9/h4-7,10H,3H2,1-2H3,(H2,14,15,16,18). The van der Waals surface area contributed by atoms with Gasteiger partial charge in [-0.2, -0.15) is 5.10 Å². The zero-order chi connectivity index (χ0) is 13.8. The average Bonchev–Trinajstić information content (AvgIpc) is 2.79. The number of ether oxygens (including phenoxy) is 1. The van der Waals surface area contributed by atoms with Gasteiger partial charge in [0.25, 0.3) is 0 Å². The molecule has 19 heavy (non-hydrogen) atoms. The summed E-state index contributed by atoms with van der Waals surface area (Å²) in [5, 5.41) is 6.08. The van der Waals surface area contributed by atoms with Gasteiger partial charge in [0.2, 0.25) is 0 Å². The minimum atomic E-state index is -0.723. The highest BCUT2D eigenvalue weighted by molar-refractivity contribution is 5.81. The maximum Gasteiger partial charge on any atom is 0.340 e. The Morgan fingerprint density at radius 3 is 2.58 bits per heavy atom. The number of esters is 1. The summed E-state index contributed by atoms with van der Waals surface area (Å²) in [6, 6.07) is 7.44. The van der Waals surface area contributed by atoms with Crippen molar-refractivity contribution in [1.82, 2.24) is 15.2 Å². The molecular weight excluding hydrogens is 246 g/mol. The molecule has 0 saturated heterocycles. The molecule has 6 heteroatoms. The number of hydrogen-bond donors (Lipinski definition) is 2. The molecule has 0 bridgehead atoms. The van der Waals surface area contributed by atoms with Crippen molar-refractivity contribution < 1.29 is 9.53 Å². The van der Waals surface area contributed by atoms with E-state index in [1.54, 1.807) is 6.92 Å². The fraction of sp³-hybridized carbons (Fsp3) is 0.308. The summed E-state index contributed by atoms with van der Waals surface area (Å²) in [7, 11) is 0. The smallest absolute Gasteiger partial charge is 0.340 e. The van der Waals surface area contributed by atoms with Crippen molar-refractivity contribution in [2.45, 2.75) is 19.8 Å². The van der Waals surface area contributed by atoms with Crippen molar-refractivity contribution in [3.8, 4) is 0 Å². The van der Waals surface area contributed by atoms with Gasteiger partial charge in [0.05, 0.1) is 6.61 Å². The molecule has 1 aromatic heterocycles. The Kier molecular flexibility index (Phi) is 3.79. The molecule has 1 aromatic carbocycles. The monoisotopic (exact) mass is 261 g/mol. The number of carbonyl (C=O) groups is 1. The van der Waals surface area contributed by atoms with E-state index in [4.69, 9.17) is 4.74 Å². The number of aromatic amines is 2. The Bertz CT molecular complexity index is 613. The lowest BCUT2D eigenvalue weighted by Crippen LogP contribution is -2.19. The molecule has 6 nitrogen and oxygen atoms in total. The van der Waals surface area contributed by atoms with E-state index in [1.165, 1.54) is 0 Å². The number of aryl methyl sites for hydroxylation is 1. The van der Waals surface area contributed by atoms with Crippen LogP contribution < -0.4 is 5.69 Å². The summed E-state index contributed by atoms with van der Waals surface area (Å²) in [6.45, 7) is 3.97. The molecule has 100 valence electrons. The summed E-state index contributed by atoms with van der Waals surface area (Å²) in [4.78, 5) is 25.7. The first kappa shape index (κ1) is 13.1. The Morgan fingerprint density at radius 2 is 2.05 bits per heavy atom. The van der Waals surface area contributed by atoms with Gasteiger partial charge >= 0.3 is 11.7 Å². The number of rotatable bonds is 4. The zero-order valence-corrected chi connectivity index (χ0v) is 10.8. The highest BCUT2D eigenvalue weighted by Crippen LogP contribution is 2.22. The van der Waals surface area contributed by atoms with Gasteiger partial charge in [0, 0.05) is 0 Å². The maximum atomic E-state index is 12.0. The summed E-state index contributed by atoms with van der Waals surface area (Å²) in [5.74, 6) is -0.902. The molecule has 0 aliphatic carbocycles. The Balaban J connectivity index is 2.42. The molecule has 2 rings (SSSR count). The Hall–Kier alpha value is -2.37. The number of benzene rings is 1. The maximum absolute atomic E-state index is 12.0. The Morgan fingerprint density at radius 1 is 1.37 bits per heavy atom. The lowest BCUT2D eigenvalue weighted by atomic mass is 9.97. The van der Waals surface area contributed by atoms with Gasteiger partial charge in [-0.1, -0.05) is 29.8 Å². The van der Waals surface area contributed by atoms with Crippen LogP contribution in [-0.2, 0) is 9.53 Å². The van der Waals surface area contributed by atoms with Crippen LogP contribution in [0.25, 0.3) is 0 Å². The van der Waals surface area contributed by atoms with Gasteiger partial charge in [-0.15, -0.1) is 0 Å². The van der Waals surface area contributed by atoms with Crippen molar-refractivity contribution in [1.29, 1.82) is 0 Å². The second-order valence-corrected chi connectivity index (χ2v) is 4.16. The van der Waals surface area contributed by atoms with Crippen LogP contribution in [0, 0.1) is 6.92 Å². The van der Waals surface area contributed by atoms with E-state index >= 15 is 0 Å². The van der Waals surface area contributed by atoms with E-state index in [0.717, 1.165) is 11.1 Å². The van der Waals surface area contributed by atoms with Crippen molar-refractivity contribution in [3.63, 3.8) is 0 Å². The summed E-state index contributed by atoms with van der Waals surface area (Å²) in [6.07, 6.45) is 0. The van der Waals surface area contributed by atoms with Crippen molar-refractivity contribution >= 4 is 5.97 Å². The predicted octanol–water partition coefficient (Wildman–Crippen LogP) is 1.10. The highest BCUT2D eigenvalue weighted by Gasteiger charge is 2.27. The fourth-order valence-electron chi connectivity index (χ4n) is 1.81. The summed E-state index contributed by atoms with van der Waals surface area (Å²) in [5.41, 5.74) is 1.37. The molecule has 0 aliphatic rings. The molecule has 0 radical (unpaired) electrons. The number of H-pyrrole nitrogens is 2. The minimum absolute atomic E-state index is 0.257. The van der Waals surface area contributed by atoms with Crippen LogP contribution in [0.3, 0.4) is 0 Å². The number of nitrogens with one attached hydrogen (secondary N) is 2. The first-order valence-electron chi connectivity index (χ1n) is 5.99. The molecule has 1 heterocycles. The van der Waals surface area contributed by atoms with E-state index in [-0.39, 0.29) is 12.4 Å². The molecule has 0 amide bonds. The molecule has 2 aromatic rings. The minimum Gasteiger partial charge on any atom is -0.465 e. The van der Waals surface area contributed by atoms with Crippen molar-refractivity contribution in [3.05, 3.63) is 51.7 Å². The molecule has 0 spiro atoms. The normalized spacial score (nSPS) is 12.1. The van der Waals surface area contributed by atoms with Crippen LogP contribution in [0.1, 0.15) is 29.8 Å². The SMILES string of the molecule is CCOC(=O)C(c1ccc(C)cc1)c1n[nH]c(=O)[nH]1. The number of nitrogens with zero attached hydrogens (tertiary/aromatic N) is 1. The molecule has 0 fully saturated rings. The van der Waals surface area contributed by atoms with Gasteiger partial charge in [-0.05, 0) is 19.4 Å². The lowest BCUT2D eigenvalue weighted by molar-refractivity contribution is -0.144. The largest absolute Gasteiger partial charge is 0.465 e. The fourth-order valence-corrected chi connectivity index (χ4v) is 1.81. The molecule has 0 aliphatic heterocycles. The number of aromatic nitrogens is 3. The van der Waals surface area contributed by atoms with Crippen LogP contribution in [0.5, 0.6) is 0 Å². The third-order valence-electron chi connectivity index (χ3n) is 2.73. The van der Waals surface area contributed by atoms with E-state index in [1.807, 2.05) is 31.2 Å². The number of carbonyl (C=O) groups excluding carboxylic acids is 1. The van der Waals surface area contributed by atoms with Crippen LogP contribution in [0.2, 0.25) is 0 Å². The van der Waals surface area contributed by atoms with E-state index in [0.29, 0.717) is 0 Å². The summed E-state index contributed by atoms with van der Waals surface area (Å²) >= 11 is 0. The van der Waals surface area contributed by atoms with Crippen LogP contribution in [0.15, 0.2) is 29.1 Å². The molecular formula is C13H15N3O3. The Labute approximate surface area is 109 Å². The van der Waals surface area contributed by atoms with Gasteiger partial charge in [-0.3, -0.25) is 9.78 Å². The van der Waals surface area contributed by atoms with Crippen LogP contribution in [-0.4, -0.2) is 27.8 Å². The van der Waals surface area contributed by atoms with Crippen LogP contribution in [0.4, 0.5) is 0 Å². The highest BCUT2D eigenvalue weighted by atomic mass is 16.5. The average molecular weight is 261 g/mol. The number of hydrogen-bond acceptors (Lipinski definition) is 4. The third kappa shape index (κ3) is 2.90. The predicted molar refractivity (Wildman–Crippen MR) is 68.9 cm³/mol. The second-order valence-electron chi connectivity index (χ2n) is 4.16. The molecule has 2 N–H and O–H groups in total. The van der Waals surface area contributed by atoms with Crippen molar-refractivity contribution in [2.75, 3.05) is 6.61 Å². The second kappa shape index (κ2) is 5.51. The topological polar surface area (TPSA) is 87.8 Å². The van der Waals surface area contributed by atoms with E-state index in [2.05, 4.69) is 15.2 Å². The van der Waals surface area contributed by atoms with Crippen LogP contribution >= 0.6 is 0 Å². The molecule has 1 unspecified atom stereocenters. The third-order valence-corrected chi connectivity index (χ3v) is 2.73. The van der Waals surface area contributed by atoms with Gasteiger partial charge in [0.15, 0.2) is 0 Å². The first-order chi connectivity index (χ1) is 9.11. The molecule has 0 saturated carbocycles. The van der Waals surface area contributed by atoms with Gasteiger partial charge in [0.1, 0.15) is 11.7 Å². The van der Waals surface area contributed by atoms with Gasteiger partial charge < -0.3 is 4.74 Å². The summed E-state index contributed by atoms with van der Waals surface area (Å²) < 4.78 is 5.04. The first-order valence-corrected chi connectivity index (χ1v) is 5.99. The zero-order valence-electron chi connectivity index (χ0n) is 10.8. The van der Waals surface area contributed by atoms with E-state index < -0.39 is 17.6 Å². The quantitative estimate of drug-likeness (QED) is 0.807. The van der Waals surface area contributed by atoms with Crippen molar-refractivity contribution in [2.24, 2.45) is 0 Å². The van der Waals surface area contributed by atoms with E-state index in [9.17, 15) is 9.59 Å². The lowest BCUT2D eigenvalue weighted by Gasteiger charge is -2.13. The molecule has 1 atom stereocenters. The van der Waals surface area contributed by atoms with Gasteiger partial charge in [-0.25, -0.2) is 9.89 Å².